The van der Waals surface area contributed by atoms with E-state index in [1.165, 1.54) is 38.5 Å². The van der Waals surface area contributed by atoms with Gasteiger partial charge in [-0.05, 0) is 30.6 Å². The molecule has 0 aromatic rings. The Labute approximate surface area is 95.6 Å². The molecule has 0 radical (unpaired) electrons. The molecule has 90 valence electrons. The van der Waals surface area contributed by atoms with Crippen LogP contribution in [0.15, 0.2) is 0 Å². The minimum atomic E-state index is 0.778. The largest absolute Gasteiger partial charge is 0.381 e. The Morgan fingerprint density at radius 2 is 1.73 bits per heavy atom. The van der Waals surface area contributed by atoms with E-state index >= 15 is 0 Å². The van der Waals surface area contributed by atoms with E-state index in [1.807, 2.05) is 0 Å². The monoisotopic (exact) mass is 212 g/mol. The summed E-state index contributed by atoms with van der Waals surface area (Å²) >= 11 is 0. The summed E-state index contributed by atoms with van der Waals surface area (Å²) < 4.78 is 5.67. The highest BCUT2D eigenvalue weighted by atomic mass is 16.5. The summed E-state index contributed by atoms with van der Waals surface area (Å²) in [5.41, 5.74) is 0. The van der Waals surface area contributed by atoms with Crippen LogP contribution in [0.5, 0.6) is 0 Å². The van der Waals surface area contributed by atoms with Gasteiger partial charge in [0.1, 0.15) is 0 Å². The maximum Gasteiger partial charge on any atom is 0.0468 e. The number of hydrogen-bond donors (Lipinski definition) is 0. The Morgan fingerprint density at radius 1 is 1.07 bits per heavy atom. The zero-order valence-corrected chi connectivity index (χ0v) is 10.8. The van der Waals surface area contributed by atoms with Crippen molar-refractivity contribution >= 4 is 0 Å². The Hall–Kier alpha value is -0.0400. The second-order valence-corrected chi connectivity index (χ2v) is 5.71. The van der Waals surface area contributed by atoms with Crippen LogP contribution in [0, 0.1) is 17.8 Å². The molecule has 15 heavy (non-hydrogen) atoms. The van der Waals surface area contributed by atoms with Gasteiger partial charge in [-0.15, -0.1) is 0 Å². The minimum Gasteiger partial charge on any atom is -0.381 e. The van der Waals surface area contributed by atoms with Crippen LogP contribution in [0.25, 0.3) is 0 Å². The molecule has 1 aliphatic rings. The molecule has 0 atom stereocenters. The standard InChI is InChI=1S/C14H28O/c1-12(2)8-10-15-11-9-14-6-4-13(3)5-7-14/h12-14H,4-11H2,1-3H3. The van der Waals surface area contributed by atoms with Crippen LogP contribution in [0.1, 0.15) is 59.3 Å². The Balaban J connectivity index is 1.91. The highest BCUT2D eigenvalue weighted by Crippen LogP contribution is 2.30. The molecule has 1 fully saturated rings. The third-order valence-corrected chi connectivity index (χ3v) is 3.65. The molecule has 1 aliphatic carbocycles. The first-order chi connectivity index (χ1) is 7.18. The van der Waals surface area contributed by atoms with Crippen LogP contribution in [0.4, 0.5) is 0 Å². The van der Waals surface area contributed by atoms with Crippen LogP contribution < -0.4 is 0 Å². The molecule has 0 saturated heterocycles. The molecule has 0 N–H and O–H groups in total. The number of ether oxygens (including phenoxy) is 1. The van der Waals surface area contributed by atoms with Crippen LogP contribution in [-0.2, 0) is 4.74 Å². The molecule has 0 bridgehead atoms. The van der Waals surface area contributed by atoms with Gasteiger partial charge in [0.05, 0.1) is 0 Å². The predicted octanol–water partition coefficient (Wildman–Crippen LogP) is 4.27. The zero-order valence-electron chi connectivity index (χ0n) is 10.8. The highest BCUT2D eigenvalue weighted by Gasteiger charge is 2.17. The first kappa shape index (κ1) is 13.0. The predicted molar refractivity (Wildman–Crippen MR) is 66.0 cm³/mol. The second-order valence-electron chi connectivity index (χ2n) is 5.71. The molecule has 0 unspecified atom stereocenters. The Bertz CT molecular complexity index is 145. The quantitative estimate of drug-likeness (QED) is 0.598. The topological polar surface area (TPSA) is 9.23 Å². The van der Waals surface area contributed by atoms with Crippen molar-refractivity contribution in [3.63, 3.8) is 0 Å². The van der Waals surface area contributed by atoms with Gasteiger partial charge < -0.3 is 4.74 Å². The molecule has 0 amide bonds. The molecule has 1 nitrogen and oxygen atoms in total. The molecule has 0 aromatic carbocycles. The van der Waals surface area contributed by atoms with Gasteiger partial charge in [-0.25, -0.2) is 0 Å². The van der Waals surface area contributed by atoms with E-state index in [4.69, 9.17) is 4.74 Å². The third-order valence-electron chi connectivity index (χ3n) is 3.65. The van der Waals surface area contributed by atoms with Gasteiger partial charge in [0, 0.05) is 13.2 Å². The third kappa shape index (κ3) is 6.19. The minimum absolute atomic E-state index is 0.778. The van der Waals surface area contributed by atoms with Gasteiger partial charge in [-0.1, -0.05) is 46.5 Å². The summed E-state index contributed by atoms with van der Waals surface area (Å²) in [6.07, 6.45) is 8.27. The van der Waals surface area contributed by atoms with Crippen LogP contribution in [-0.4, -0.2) is 13.2 Å². The Morgan fingerprint density at radius 3 is 2.33 bits per heavy atom. The van der Waals surface area contributed by atoms with Crippen molar-refractivity contribution in [2.45, 2.75) is 59.3 Å². The van der Waals surface area contributed by atoms with Gasteiger partial charge in [0.15, 0.2) is 0 Å². The molecular weight excluding hydrogens is 184 g/mol. The summed E-state index contributed by atoms with van der Waals surface area (Å²) in [7, 11) is 0. The maximum atomic E-state index is 5.67. The molecule has 1 heteroatoms. The van der Waals surface area contributed by atoms with Crippen molar-refractivity contribution in [2.75, 3.05) is 13.2 Å². The maximum absolute atomic E-state index is 5.67. The first-order valence-corrected chi connectivity index (χ1v) is 6.76. The number of hydrogen-bond acceptors (Lipinski definition) is 1. The van der Waals surface area contributed by atoms with E-state index in [1.54, 1.807) is 0 Å². The van der Waals surface area contributed by atoms with Crippen molar-refractivity contribution in [2.24, 2.45) is 17.8 Å². The van der Waals surface area contributed by atoms with Crippen molar-refractivity contribution < 1.29 is 4.74 Å². The van der Waals surface area contributed by atoms with E-state index < -0.39 is 0 Å². The van der Waals surface area contributed by atoms with Crippen molar-refractivity contribution in [3.8, 4) is 0 Å². The fourth-order valence-corrected chi connectivity index (χ4v) is 2.29. The second kappa shape index (κ2) is 7.27. The lowest BCUT2D eigenvalue weighted by Gasteiger charge is -2.25. The lowest BCUT2D eigenvalue weighted by molar-refractivity contribution is 0.102. The van der Waals surface area contributed by atoms with E-state index in [2.05, 4.69) is 20.8 Å². The fraction of sp³-hybridized carbons (Fsp3) is 1.00. The summed E-state index contributed by atoms with van der Waals surface area (Å²) in [6, 6.07) is 0. The van der Waals surface area contributed by atoms with Gasteiger partial charge in [-0.2, -0.15) is 0 Å². The first-order valence-electron chi connectivity index (χ1n) is 6.76. The number of rotatable bonds is 6. The molecule has 1 rings (SSSR count). The van der Waals surface area contributed by atoms with Crippen LogP contribution in [0.3, 0.4) is 0 Å². The molecule has 1 saturated carbocycles. The van der Waals surface area contributed by atoms with Gasteiger partial charge >= 0.3 is 0 Å². The molecule has 0 aromatic heterocycles. The summed E-state index contributed by atoms with van der Waals surface area (Å²) in [5.74, 6) is 2.71. The molecule has 0 spiro atoms. The van der Waals surface area contributed by atoms with Crippen molar-refractivity contribution in [1.82, 2.24) is 0 Å². The molecule has 0 aliphatic heterocycles. The normalized spacial score (nSPS) is 27.2. The van der Waals surface area contributed by atoms with Crippen LogP contribution >= 0.6 is 0 Å². The van der Waals surface area contributed by atoms with Gasteiger partial charge in [0.2, 0.25) is 0 Å². The Kier molecular flexibility index (Phi) is 6.31. The van der Waals surface area contributed by atoms with Crippen molar-refractivity contribution in [3.05, 3.63) is 0 Å². The summed E-state index contributed by atoms with van der Waals surface area (Å²) in [6.45, 7) is 8.85. The fourth-order valence-electron chi connectivity index (χ4n) is 2.29. The SMILES string of the molecule is CC(C)CCOCCC1CCC(C)CC1. The molecule has 0 heterocycles. The smallest absolute Gasteiger partial charge is 0.0468 e. The lowest BCUT2D eigenvalue weighted by Crippen LogP contribution is -2.14. The van der Waals surface area contributed by atoms with E-state index in [9.17, 15) is 0 Å². The average Bonchev–Trinajstić information content (AvgIpc) is 2.20. The van der Waals surface area contributed by atoms with Gasteiger partial charge in [0.25, 0.3) is 0 Å². The summed E-state index contributed by atoms with van der Waals surface area (Å²) in [4.78, 5) is 0. The van der Waals surface area contributed by atoms with Crippen molar-refractivity contribution in [1.29, 1.82) is 0 Å². The van der Waals surface area contributed by atoms with Gasteiger partial charge in [-0.3, -0.25) is 0 Å². The highest BCUT2D eigenvalue weighted by molar-refractivity contribution is 4.69. The van der Waals surface area contributed by atoms with E-state index in [0.29, 0.717) is 0 Å². The summed E-state index contributed by atoms with van der Waals surface area (Å²) in [5, 5.41) is 0. The average molecular weight is 212 g/mol. The van der Waals surface area contributed by atoms with E-state index in [0.717, 1.165) is 31.0 Å². The lowest BCUT2D eigenvalue weighted by atomic mass is 9.82. The molecular formula is C14H28O. The van der Waals surface area contributed by atoms with Crippen LogP contribution in [0.2, 0.25) is 0 Å². The van der Waals surface area contributed by atoms with E-state index in [-0.39, 0.29) is 0 Å². The zero-order chi connectivity index (χ0) is 11.1.